The fourth-order valence-corrected chi connectivity index (χ4v) is 1.39. The van der Waals surface area contributed by atoms with E-state index in [9.17, 15) is 9.59 Å². The van der Waals surface area contributed by atoms with Crippen LogP contribution in [0.1, 0.15) is 15.9 Å². The second-order valence-electron chi connectivity index (χ2n) is 2.77. The molecule has 0 bridgehead atoms. The van der Waals surface area contributed by atoms with E-state index in [1.807, 2.05) is 0 Å². The first kappa shape index (κ1) is 11.5. The van der Waals surface area contributed by atoms with Gasteiger partial charge in [-0.2, -0.15) is 0 Å². The summed E-state index contributed by atoms with van der Waals surface area (Å²) in [4.78, 5) is 21.3. The van der Waals surface area contributed by atoms with Gasteiger partial charge in [0.25, 0.3) is 0 Å². The van der Waals surface area contributed by atoms with Crippen molar-refractivity contribution in [3.63, 3.8) is 0 Å². The van der Waals surface area contributed by atoms with Crippen LogP contribution >= 0.6 is 15.9 Å². The maximum atomic E-state index is 10.8. The Morgan fingerprint density at radius 3 is 2.60 bits per heavy atom. The number of primary amides is 1. The number of amides is 1. The number of carbonyl (C=O) groups excluding carboxylic acids is 1. The molecule has 1 aromatic rings. The highest BCUT2D eigenvalue weighted by Crippen LogP contribution is 2.17. The van der Waals surface area contributed by atoms with Crippen molar-refractivity contribution in [1.82, 2.24) is 0 Å². The third-order valence-corrected chi connectivity index (χ3v) is 2.17. The van der Waals surface area contributed by atoms with Crippen LogP contribution in [0.4, 0.5) is 0 Å². The molecular weight excluding hydrogens is 262 g/mol. The van der Waals surface area contributed by atoms with Crippen molar-refractivity contribution in [2.45, 2.75) is 0 Å². The van der Waals surface area contributed by atoms with Gasteiger partial charge in [-0.1, -0.05) is 22.0 Å². The molecule has 5 heteroatoms. The van der Waals surface area contributed by atoms with Crippen molar-refractivity contribution in [2.75, 3.05) is 0 Å². The van der Waals surface area contributed by atoms with Crippen LogP contribution in [-0.2, 0) is 4.79 Å². The third-order valence-electron chi connectivity index (χ3n) is 1.67. The fraction of sp³-hybridized carbons (Fsp3) is 0. The van der Waals surface area contributed by atoms with Crippen molar-refractivity contribution in [2.24, 2.45) is 5.73 Å². The molecule has 0 saturated carbocycles. The Balaban J connectivity index is 3.17. The second kappa shape index (κ2) is 4.75. The zero-order chi connectivity index (χ0) is 11.4. The molecule has 3 N–H and O–H groups in total. The number of halogens is 1. The van der Waals surface area contributed by atoms with Crippen LogP contribution < -0.4 is 5.73 Å². The standard InChI is InChI=1S/C10H8BrNO3/c11-7-3-1-6(2-4-9(12)13)8(5-7)10(14)15/h1-5H,(H2,12,13)(H,14,15). The number of carboxylic acids is 1. The maximum Gasteiger partial charge on any atom is 0.336 e. The smallest absolute Gasteiger partial charge is 0.336 e. The SMILES string of the molecule is NC(=O)C=Cc1ccc(Br)cc1C(=O)O. The van der Waals surface area contributed by atoms with Gasteiger partial charge in [-0.25, -0.2) is 4.79 Å². The van der Waals surface area contributed by atoms with Gasteiger partial charge >= 0.3 is 5.97 Å². The largest absolute Gasteiger partial charge is 0.478 e. The molecule has 1 amide bonds. The van der Waals surface area contributed by atoms with Gasteiger partial charge in [0.15, 0.2) is 0 Å². The molecule has 78 valence electrons. The van der Waals surface area contributed by atoms with E-state index < -0.39 is 11.9 Å². The molecule has 15 heavy (non-hydrogen) atoms. The quantitative estimate of drug-likeness (QED) is 0.819. The molecule has 0 saturated heterocycles. The molecule has 0 unspecified atom stereocenters. The van der Waals surface area contributed by atoms with E-state index in [0.29, 0.717) is 10.0 Å². The van der Waals surface area contributed by atoms with Crippen LogP contribution in [0.5, 0.6) is 0 Å². The van der Waals surface area contributed by atoms with E-state index in [2.05, 4.69) is 15.9 Å². The lowest BCUT2D eigenvalue weighted by Crippen LogP contribution is -2.06. The number of carboxylic acid groups (broad SMARTS) is 1. The van der Waals surface area contributed by atoms with Gasteiger partial charge in [0.1, 0.15) is 0 Å². The lowest BCUT2D eigenvalue weighted by molar-refractivity contribution is -0.113. The first-order valence-electron chi connectivity index (χ1n) is 4.01. The molecule has 0 fully saturated rings. The number of carbonyl (C=O) groups is 2. The summed E-state index contributed by atoms with van der Waals surface area (Å²) in [7, 11) is 0. The summed E-state index contributed by atoms with van der Waals surface area (Å²) in [6, 6.07) is 4.74. The molecule has 0 aliphatic carbocycles. The highest BCUT2D eigenvalue weighted by Gasteiger charge is 2.08. The normalized spacial score (nSPS) is 10.5. The van der Waals surface area contributed by atoms with Crippen LogP contribution in [0, 0.1) is 0 Å². The second-order valence-corrected chi connectivity index (χ2v) is 3.69. The Labute approximate surface area is 94.5 Å². The Bertz CT molecular complexity index is 440. The summed E-state index contributed by atoms with van der Waals surface area (Å²) < 4.78 is 0.663. The minimum atomic E-state index is -1.06. The van der Waals surface area contributed by atoms with Gasteiger partial charge in [0, 0.05) is 10.5 Å². The van der Waals surface area contributed by atoms with E-state index >= 15 is 0 Å². The van der Waals surface area contributed by atoms with Crippen molar-refractivity contribution < 1.29 is 14.7 Å². The summed E-state index contributed by atoms with van der Waals surface area (Å²) in [5, 5.41) is 8.88. The molecule has 0 radical (unpaired) electrons. The highest BCUT2D eigenvalue weighted by atomic mass is 79.9. The number of hydrogen-bond donors (Lipinski definition) is 2. The first-order chi connectivity index (χ1) is 7.00. The lowest BCUT2D eigenvalue weighted by atomic mass is 10.1. The number of rotatable bonds is 3. The van der Waals surface area contributed by atoms with Gasteiger partial charge in [0.05, 0.1) is 5.56 Å². The Hall–Kier alpha value is -1.62. The van der Waals surface area contributed by atoms with E-state index in [0.717, 1.165) is 6.08 Å². The Morgan fingerprint density at radius 2 is 2.07 bits per heavy atom. The van der Waals surface area contributed by atoms with Crippen LogP contribution in [0.25, 0.3) is 6.08 Å². The summed E-state index contributed by atoms with van der Waals surface area (Å²) in [6.07, 6.45) is 2.49. The maximum absolute atomic E-state index is 10.8. The molecule has 0 heterocycles. The average Bonchev–Trinajstić information content (AvgIpc) is 2.15. The van der Waals surface area contributed by atoms with Crippen molar-refractivity contribution in [3.05, 3.63) is 39.9 Å². The number of aromatic carboxylic acids is 1. The minimum Gasteiger partial charge on any atom is -0.478 e. The van der Waals surface area contributed by atoms with Crippen LogP contribution in [0.2, 0.25) is 0 Å². The lowest BCUT2D eigenvalue weighted by Gasteiger charge is -2.01. The molecule has 0 aromatic heterocycles. The highest BCUT2D eigenvalue weighted by molar-refractivity contribution is 9.10. The zero-order valence-corrected chi connectivity index (χ0v) is 9.19. The topological polar surface area (TPSA) is 80.4 Å². The van der Waals surface area contributed by atoms with Gasteiger partial charge in [0.2, 0.25) is 5.91 Å². The van der Waals surface area contributed by atoms with E-state index in [1.165, 1.54) is 12.1 Å². The predicted octanol–water partition coefficient (Wildman–Crippen LogP) is 1.65. The molecule has 0 aliphatic heterocycles. The molecule has 0 atom stereocenters. The molecule has 1 rings (SSSR count). The Kier molecular flexibility index (Phi) is 3.62. The van der Waals surface area contributed by atoms with Gasteiger partial charge in [-0.15, -0.1) is 0 Å². The van der Waals surface area contributed by atoms with E-state index in [1.54, 1.807) is 12.1 Å². The van der Waals surface area contributed by atoms with E-state index in [-0.39, 0.29) is 5.56 Å². The first-order valence-corrected chi connectivity index (χ1v) is 4.80. The third kappa shape index (κ3) is 3.21. The molecular formula is C10H8BrNO3. The van der Waals surface area contributed by atoms with Gasteiger partial charge < -0.3 is 10.8 Å². The predicted molar refractivity (Wildman–Crippen MR) is 59.3 cm³/mol. The monoisotopic (exact) mass is 269 g/mol. The fourth-order valence-electron chi connectivity index (χ4n) is 1.03. The van der Waals surface area contributed by atoms with E-state index in [4.69, 9.17) is 10.8 Å². The molecule has 0 spiro atoms. The summed E-state index contributed by atoms with van der Waals surface area (Å²) in [5.41, 5.74) is 5.46. The zero-order valence-electron chi connectivity index (χ0n) is 7.61. The van der Waals surface area contributed by atoms with Crippen LogP contribution in [0.3, 0.4) is 0 Å². The number of benzene rings is 1. The average molecular weight is 270 g/mol. The van der Waals surface area contributed by atoms with Crippen molar-refractivity contribution in [1.29, 1.82) is 0 Å². The van der Waals surface area contributed by atoms with Crippen LogP contribution in [0.15, 0.2) is 28.7 Å². The van der Waals surface area contributed by atoms with Crippen LogP contribution in [-0.4, -0.2) is 17.0 Å². The summed E-state index contributed by atoms with van der Waals surface area (Å²) in [6.45, 7) is 0. The number of hydrogen-bond acceptors (Lipinski definition) is 2. The van der Waals surface area contributed by atoms with Gasteiger partial charge in [-0.05, 0) is 23.8 Å². The number of nitrogens with two attached hydrogens (primary N) is 1. The molecule has 1 aromatic carbocycles. The summed E-state index contributed by atoms with van der Waals surface area (Å²) in [5.74, 6) is -1.67. The summed E-state index contributed by atoms with van der Waals surface area (Å²) >= 11 is 3.17. The van der Waals surface area contributed by atoms with Crippen molar-refractivity contribution in [3.8, 4) is 0 Å². The minimum absolute atomic E-state index is 0.113. The molecule has 0 aliphatic rings. The Morgan fingerprint density at radius 1 is 1.40 bits per heavy atom. The van der Waals surface area contributed by atoms with Gasteiger partial charge in [-0.3, -0.25) is 4.79 Å². The van der Waals surface area contributed by atoms with Crippen molar-refractivity contribution >= 4 is 33.9 Å². The molecule has 4 nitrogen and oxygen atoms in total.